The highest BCUT2D eigenvalue weighted by atomic mass is 32.2. The number of hydrogen-bond acceptors (Lipinski definition) is 5. The van der Waals surface area contributed by atoms with E-state index in [4.69, 9.17) is 9.47 Å². The molecule has 0 fully saturated rings. The molecule has 0 amide bonds. The van der Waals surface area contributed by atoms with E-state index < -0.39 is 23.7 Å². The maximum atomic E-state index is 13.0. The first-order valence-corrected chi connectivity index (χ1v) is 11.2. The summed E-state index contributed by atoms with van der Waals surface area (Å²) in [6.07, 6.45) is -1.12. The van der Waals surface area contributed by atoms with Crippen molar-refractivity contribution in [3.05, 3.63) is 90.0 Å². The summed E-state index contributed by atoms with van der Waals surface area (Å²) >= 11 is 0.445. The standard InChI is InChI=1S/C26H23F2NO3S/c1-17(2)24(18-11-13-22(14-12-18)33-26(27)28)25(30)32-23(16-29)19-7-6-10-21(15-19)31-20-8-4-3-5-9-20/h3-15,17,23-24,26H,1-2H3. The number of rotatable bonds is 9. The molecule has 3 rings (SSSR count). The van der Waals surface area contributed by atoms with Crippen LogP contribution in [-0.4, -0.2) is 11.7 Å². The van der Waals surface area contributed by atoms with Crippen LogP contribution >= 0.6 is 11.8 Å². The molecule has 2 atom stereocenters. The van der Waals surface area contributed by atoms with E-state index in [-0.39, 0.29) is 5.92 Å². The van der Waals surface area contributed by atoms with Crippen molar-refractivity contribution in [3.8, 4) is 17.6 Å². The van der Waals surface area contributed by atoms with Gasteiger partial charge in [0.25, 0.3) is 5.76 Å². The van der Waals surface area contributed by atoms with Crippen molar-refractivity contribution in [3.63, 3.8) is 0 Å². The summed E-state index contributed by atoms with van der Waals surface area (Å²) in [5.41, 5.74) is 1.14. The monoisotopic (exact) mass is 467 g/mol. The van der Waals surface area contributed by atoms with Gasteiger partial charge < -0.3 is 9.47 Å². The molecule has 4 nitrogen and oxygen atoms in total. The Morgan fingerprint density at radius 2 is 1.58 bits per heavy atom. The lowest BCUT2D eigenvalue weighted by Crippen LogP contribution is -2.22. The van der Waals surface area contributed by atoms with Crippen LogP contribution in [0.2, 0.25) is 0 Å². The van der Waals surface area contributed by atoms with E-state index in [2.05, 4.69) is 0 Å². The highest BCUT2D eigenvalue weighted by Gasteiger charge is 2.29. The molecule has 0 bridgehead atoms. The highest BCUT2D eigenvalue weighted by Crippen LogP contribution is 2.32. The van der Waals surface area contributed by atoms with E-state index >= 15 is 0 Å². The number of para-hydroxylation sites is 1. The van der Waals surface area contributed by atoms with E-state index in [1.165, 1.54) is 0 Å². The number of carbonyl (C=O) groups is 1. The third-order valence-corrected chi connectivity index (χ3v) is 5.60. The highest BCUT2D eigenvalue weighted by molar-refractivity contribution is 7.99. The van der Waals surface area contributed by atoms with Gasteiger partial charge in [-0.25, -0.2) is 0 Å². The predicted molar refractivity (Wildman–Crippen MR) is 123 cm³/mol. The minimum atomic E-state index is -2.51. The minimum absolute atomic E-state index is 0.127. The van der Waals surface area contributed by atoms with Gasteiger partial charge in [-0.3, -0.25) is 4.79 Å². The number of benzene rings is 3. The van der Waals surface area contributed by atoms with Gasteiger partial charge in [-0.1, -0.05) is 68.1 Å². The summed E-state index contributed by atoms with van der Waals surface area (Å²) in [4.78, 5) is 13.4. The van der Waals surface area contributed by atoms with Crippen LogP contribution in [0.1, 0.15) is 37.0 Å². The molecule has 3 aromatic carbocycles. The topological polar surface area (TPSA) is 59.3 Å². The van der Waals surface area contributed by atoms with Crippen molar-refractivity contribution in [2.45, 2.75) is 36.5 Å². The van der Waals surface area contributed by atoms with Crippen molar-refractivity contribution >= 4 is 17.7 Å². The van der Waals surface area contributed by atoms with Crippen molar-refractivity contribution in [2.75, 3.05) is 0 Å². The van der Waals surface area contributed by atoms with Crippen LogP contribution < -0.4 is 4.74 Å². The second-order valence-electron chi connectivity index (χ2n) is 7.60. The summed E-state index contributed by atoms with van der Waals surface area (Å²) < 4.78 is 36.5. The molecule has 0 aromatic heterocycles. The molecule has 33 heavy (non-hydrogen) atoms. The minimum Gasteiger partial charge on any atom is -0.457 e. The van der Waals surface area contributed by atoms with Gasteiger partial charge in [0.05, 0.1) is 5.92 Å². The Kier molecular flexibility index (Phi) is 8.45. The summed E-state index contributed by atoms with van der Waals surface area (Å²) in [5, 5.41) is 9.68. The second-order valence-corrected chi connectivity index (χ2v) is 8.67. The smallest absolute Gasteiger partial charge is 0.315 e. The number of thioether (sulfide) groups is 1. The molecule has 2 unspecified atom stereocenters. The number of esters is 1. The fraction of sp³-hybridized carbons (Fsp3) is 0.231. The summed E-state index contributed by atoms with van der Waals surface area (Å²) in [6.45, 7) is 3.73. The van der Waals surface area contributed by atoms with Gasteiger partial charge in [-0.15, -0.1) is 0 Å². The van der Waals surface area contributed by atoms with Gasteiger partial charge in [-0.2, -0.15) is 14.0 Å². The molecule has 0 N–H and O–H groups in total. The lowest BCUT2D eigenvalue weighted by molar-refractivity contribution is -0.150. The van der Waals surface area contributed by atoms with Crippen LogP contribution in [0.5, 0.6) is 11.5 Å². The Balaban J connectivity index is 1.76. The molecular formula is C26H23F2NO3S. The van der Waals surface area contributed by atoms with Crippen molar-refractivity contribution in [1.29, 1.82) is 5.26 Å². The SMILES string of the molecule is CC(C)C(C(=O)OC(C#N)c1cccc(Oc2ccccc2)c1)c1ccc(SC(F)F)cc1. The van der Waals surface area contributed by atoms with Crippen molar-refractivity contribution in [1.82, 2.24) is 0 Å². The molecule has 7 heteroatoms. The van der Waals surface area contributed by atoms with E-state index in [1.54, 1.807) is 48.5 Å². The lowest BCUT2D eigenvalue weighted by atomic mass is 9.88. The largest absolute Gasteiger partial charge is 0.457 e. The van der Waals surface area contributed by atoms with Crippen LogP contribution in [0.15, 0.2) is 83.8 Å². The fourth-order valence-corrected chi connectivity index (χ4v) is 3.87. The molecule has 0 spiro atoms. The zero-order chi connectivity index (χ0) is 23.8. The van der Waals surface area contributed by atoms with Gasteiger partial charge in [0.1, 0.15) is 17.6 Å². The van der Waals surface area contributed by atoms with Crippen molar-refractivity contribution < 1.29 is 23.0 Å². The normalized spacial score (nSPS) is 12.8. The van der Waals surface area contributed by atoms with Crippen LogP contribution in [0.25, 0.3) is 0 Å². The number of carbonyl (C=O) groups excluding carboxylic acids is 1. The predicted octanol–water partition coefficient (Wildman–Crippen LogP) is 7.34. The van der Waals surface area contributed by atoms with Gasteiger partial charge in [0.2, 0.25) is 6.10 Å². The Bertz CT molecular complexity index is 1100. The molecular weight excluding hydrogens is 444 g/mol. The number of nitrogens with zero attached hydrogens (tertiary/aromatic N) is 1. The molecule has 0 saturated carbocycles. The number of hydrogen-bond donors (Lipinski definition) is 0. The first kappa shape index (κ1) is 24.3. The third kappa shape index (κ3) is 6.80. The van der Waals surface area contributed by atoms with Gasteiger partial charge in [0.15, 0.2) is 0 Å². The Morgan fingerprint density at radius 3 is 2.18 bits per heavy atom. The molecule has 0 radical (unpaired) electrons. The lowest BCUT2D eigenvalue weighted by Gasteiger charge is -2.22. The van der Waals surface area contributed by atoms with Crippen LogP contribution in [0, 0.1) is 17.2 Å². The maximum Gasteiger partial charge on any atom is 0.315 e. The van der Waals surface area contributed by atoms with E-state index in [9.17, 15) is 18.8 Å². The quantitative estimate of drug-likeness (QED) is 0.243. The van der Waals surface area contributed by atoms with Gasteiger partial charge >= 0.3 is 5.97 Å². The number of halogens is 2. The summed E-state index contributed by atoms with van der Waals surface area (Å²) in [5.74, 6) is -2.68. The molecule has 0 aliphatic carbocycles. The number of ether oxygens (including phenoxy) is 2. The Hall–Kier alpha value is -3.37. The molecule has 0 saturated heterocycles. The molecule has 0 aliphatic rings. The summed E-state index contributed by atoms with van der Waals surface area (Å²) in [6, 6.07) is 24.5. The number of alkyl halides is 2. The van der Waals surface area contributed by atoms with Gasteiger partial charge in [0, 0.05) is 10.5 Å². The second kappa shape index (κ2) is 11.5. The van der Waals surface area contributed by atoms with Gasteiger partial charge in [-0.05, 0) is 47.9 Å². The molecule has 0 aliphatic heterocycles. The Labute approximate surface area is 196 Å². The average Bonchev–Trinajstić information content (AvgIpc) is 2.79. The summed E-state index contributed by atoms with van der Waals surface area (Å²) in [7, 11) is 0. The zero-order valence-electron chi connectivity index (χ0n) is 18.2. The fourth-order valence-electron chi connectivity index (χ4n) is 3.37. The molecule has 0 heterocycles. The van der Waals surface area contributed by atoms with Crippen LogP contribution in [0.3, 0.4) is 0 Å². The van der Waals surface area contributed by atoms with E-state index in [0.29, 0.717) is 39.3 Å². The van der Waals surface area contributed by atoms with Crippen LogP contribution in [0.4, 0.5) is 8.78 Å². The Morgan fingerprint density at radius 1 is 0.909 bits per heavy atom. The first-order valence-electron chi connectivity index (χ1n) is 10.3. The maximum absolute atomic E-state index is 13.0. The first-order chi connectivity index (χ1) is 15.9. The molecule has 170 valence electrons. The van der Waals surface area contributed by atoms with Crippen molar-refractivity contribution in [2.24, 2.45) is 5.92 Å². The zero-order valence-corrected chi connectivity index (χ0v) is 19.0. The van der Waals surface area contributed by atoms with E-state index in [0.717, 1.165) is 0 Å². The average molecular weight is 468 g/mol. The number of nitriles is 1. The van der Waals surface area contributed by atoms with Crippen LogP contribution in [-0.2, 0) is 9.53 Å². The third-order valence-electron chi connectivity index (χ3n) is 4.88. The molecule has 3 aromatic rings. The van der Waals surface area contributed by atoms with E-state index in [1.807, 2.05) is 50.2 Å².